The van der Waals surface area contributed by atoms with Gasteiger partial charge in [-0.15, -0.1) is 0 Å². The second-order valence-corrected chi connectivity index (χ2v) is 5.20. The third kappa shape index (κ3) is 2.91. The van der Waals surface area contributed by atoms with E-state index in [1.807, 2.05) is 0 Å². The van der Waals surface area contributed by atoms with Crippen LogP contribution in [-0.2, 0) is 0 Å². The Morgan fingerprint density at radius 3 is 2.63 bits per heavy atom. The van der Waals surface area contributed by atoms with E-state index in [1.165, 1.54) is 7.11 Å². The van der Waals surface area contributed by atoms with Gasteiger partial charge in [0.15, 0.2) is 5.78 Å². The first-order valence-corrected chi connectivity index (χ1v) is 6.63. The number of rotatable bonds is 3. The van der Waals surface area contributed by atoms with Crippen LogP contribution in [0.3, 0.4) is 0 Å². The van der Waals surface area contributed by atoms with Gasteiger partial charge in [0, 0.05) is 20.7 Å². The Labute approximate surface area is 124 Å². The van der Waals surface area contributed by atoms with Gasteiger partial charge < -0.3 is 10.5 Å². The molecule has 3 nitrogen and oxygen atoms in total. The van der Waals surface area contributed by atoms with Crippen molar-refractivity contribution in [3.8, 4) is 5.75 Å². The second kappa shape index (κ2) is 5.63. The molecule has 0 fully saturated rings. The number of carbonyl (C=O) groups is 1. The van der Waals surface area contributed by atoms with Gasteiger partial charge in [0.05, 0.1) is 12.7 Å². The fourth-order valence-electron chi connectivity index (χ4n) is 1.68. The van der Waals surface area contributed by atoms with Gasteiger partial charge in [-0.05, 0) is 52.3 Å². The Balaban J connectivity index is 2.46. The zero-order valence-corrected chi connectivity index (χ0v) is 12.5. The average Bonchev–Trinajstić information content (AvgIpc) is 2.41. The number of halogens is 2. The predicted molar refractivity (Wildman–Crippen MR) is 80.0 cm³/mol. The molecule has 98 valence electrons. The average molecular weight is 341 g/mol. The van der Waals surface area contributed by atoms with Crippen molar-refractivity contribution in [3.05, 3.63) is 57.0 Å². The van der Waals surface area contributed by atoms with Crippen LogP contribution in [0.1, 0.15) is 15.9 Å². The molecule has 2 aromatic carbocycles. The predicted octanol–water partition coefficient (Wildman–Crippen LogP) is 3.92. The molecule has 0 spiro atoms. The molecule has 5 heteroatoms. The Morgan fingerprint density at radius 2 is 2.00 bits per heavy atom. The van der Waals surface area contributed by atoms with Crippen molar-refractivity contribution >= 4 is 39.0 Å². The van der Waals surface area contributed by atoms with Gasteiger partial charge in [0.25, 0.3) is 0 Å². The Morgan fingerprint density at radius 1 is 1.26 bits per heavy atom. The third-order valence-electron chi connectivity index (χ3n) is 2.67. The first-order chi connectivity index (χ1) is 9.02. The quantitative estimate of drug-likeness (QED) is 0.680. The van der Waals surface area contributed by atoms with E-state index in [0.717, 1.165) is 0 Å². The SMILES string of the molecule is COc1cc(Cl)ccc1C(=O)c1ccc(N)c(Br)c1. The van der Waals surface area contributed by atoms with Crippen molar-refractivity contribution in [3.63, 3.8) is 0 Å². The molecule has 0 unspecified atom stereocenters. The Bertz CT molecular complexity index is 643. The number of ketones is 1. The maximum Gasteiger partial charge on any atom is 0.196 e. The monoisotopic (exact) mass is 339 g/mol. The lowest BCUT2D eigenvalue weighted by atomic mass is 10.0. The van der Waals surface area contributed by atoms with Gasteiger partial charge >= 0.3 is 0 Å². The minimum Gasteiger partial charge on any atom is -0.496 e. The molecule has 0 aliphatic rings. The lowest BCUT2D eigenvalue weighted by molar-refractivity contribution is 0.103. The molecule has 0 bridgehead atoms. The molecule has 19 heavy (non-hydrogen) atoms. The molecule has 0 aliphatic carbocycles. The van der Waals surface area contributed by atoms with Gasteiger partial charge in [-0.25, -0.2) is 0 Å². The van der Waals surface area contributed by atoms with Crippen LogP contribution in [0, 0.1) is 0 Å². The highest BCUT2D eigenvalue weighted by Crippen LogP contribution is 2.27. The summed E-state index contributed by atoms with van der Waals surface area (Å²) in [6.45, 7) is 0. The minimum absolute atomic E-state index is 0.144. The van der Waals surface area contributed by atoms with Crippen LogP contribution < -0.4 is 10.5 Å². The molecule has 0 saturated carbocycles. The first-order valence-electron chi connectivity index (χ1n) is 5.46. The van der Waals surface area contributed by atoms with Crippen molar-refractivity contribution in [2.45, 2.75) is 0 Å². The summed E-state index contributed by atoms with van der Waals surface area (Å²) in [7, 11) is 1.50. The number of carbonyl (C=O) groups excluding carboxylic acids is 1. The van der Waals surface area contributed by atoms with Crippen molar-refractivity contribution in [2.24, 2.45) is 0 Å². The number of methoxy groups -OCH3 is 1. The fourth-order valence-corrected chi connectivity index (χ4v) is 2.22. The van der Waals surface area contributed by atoms with Crippen LogP contribution in [0.2, 0.25) is 5.02 Å². The Kier molecular flexibility index (Phi) is 4.12. The van der Waals surface area contributed by atoms with E-state index in [-0.39, 0.29) is 5.78 Å². The third-order valence-corrected chi connectivity index (χ3v) is 3.59. The van der Waals surface area contributed by atoms with Gasteiger partial charge in [0.2, 0.25) is 0 Å². The van der Waals surface area contributed by atoms with Crippen LogP contribution in [0.25, 0.3) is 0 Å². The van der Waals surface area contributed by atoms with E-state index in [1.54, 1.807) is 36.4 Å². The van der Waals surface area contributed by atoms with Crippen molar-refractivity contribution in [1.82, 2.24) is 0 Å². The molecular formula is C14H11BrClNO2. The Hall–Kier alpha value is -1.52. The van der Waals surface area contributed by atoms with Crippen LogP contribution >= 0.6 is 27.5 Å². The van der Waals surface area contributed by atoms with E-state index in [4.69, 9.17) is 22.1 Å². The molecule has 0 atom stereocenters. The molecule has 0 aromatic heterocycles. The van der Waals surface area contributed by atoms with E-state index in [2.05, 4.69) is 15.9 Å². The molecule has 2 N–H and O–H groups in total. The van der Waals surface area contributed by atoms with Crippen LogP contribution in [-0.4, -0.2) is 12.9 Å². The molecule has 0 radical (unpaired) electrons. The number of hydrogen-bond acceptors (Lipinski definition) is 3. The summed E-state index contributed by atoms with van der Waals surface area (Å²) < 4.78 is 5.87. The van der Waals surface area contributed by atoms with Crippen molar-refractivity contribution in [2.75, 3.05) is 12.8 Å². The number of anilines is 1. The van der Waals surface area contributed by atoms with Crippen LogP contribution in [0.15, 0.2) is 40.9 Å². The summed E-state index contributed by atoms with van der Waals surface area (Å²) in [5, 5.41) is 0.520. The summed E-state index contributed by atoms with van der Waals surface area (Å²) >= 11 is 9.18. The van der Waals surface area contributed by atoms with Gasteiger partial charge in [-0.1, -0.05) is 11.6 Å². The van der Waals surface area contributed by atoms with Gasteiger partial charge in [0.1, 0.15) is 5.75 Å². The fraction of sp³-hybridized carbons (Fsp3) is 0.0714. The zero-order valence-electron chi connectivity index (χ0n) is 10.1. The van der Waals surface area contributed by atoms with Gasteiger partial charge in [-0.2, -0.15) is 0 Å². The maximum atomic E-state index is 12.4. The maximum absolute atomic E-state index is 12.4. The van der Waals surface area contributed by atoms with E-state index < -0.39 is 0 Å². The lowest BCUT2D eigenvalue weighted by Crippen LogP contribution is -2.04. The minimum atomic E-state index is -0.144. The van der Waals surface area contributed by atoms with Crippen molar-refractivity contribution in [1.29, 1.82) is 0 Å². The number of benzene rings is 2. The van der Waals surface area contributed by atoms with Gasteiger partial charge in [-0.3, -0.25) is 4.79 Å². The smallest absolute Gasteiger partial charge is 0.196 e. The number of nitrogens with two attached hydrogens (primary N) is 1. The highest BCUT2D eigenvalue weighted by Gasteiger charge is 2.15. The number of ether oxygens (including phenoxy) is 1. The molecular weight excluding hydrogens is 330 g/mol. The summed E-state index contributed by atoms with van der Waals surface area (Å²) in [5.41, 5.74) is 7.28. The second-order valence-electron chi connectivity index (χ2n) is 3.91. The molecule has 0 amide bonds. The largest absolute Gasteiger partial charge is 0.496 e. The zero-order chi connectivity index (χ0) is 14.0. The first kappa shape index (κ1) is 13.9. The summed E-state index contributed by atoms with van der Waals surface area (Å²) in [5.74, 6) is 0.305. The van der Waals surface area contributed by atoms with E-state index >= 15 is 0 Å². The molecule has 0 aliphatic heterocycles. The van der Waals surface area contributed by atoms with Crippen LogP contribution in [0.4, 0.5) is 5.69 Å². The summed E-state index contributed by atoms with van der Waals surface area (Å²) in [6, 6.07) is 9.96. The molecule has 2 aromatic rings. The van der Waals surface area contributed by atoms with Crippen molar-refractivity contribution < 1.29 is 9.53 Å². The van der Waals surface area contributed by atoms with E-state index in [0.29, 0.717) is 32.1 Å². The standard InChI is InChI=1S/C14H11BrClNO2/c1-19-13-7-9(16)3-4-10(13)14(18)8-2-5-12(17)11(15)6-8/h2-7H,17H2,1H3. The number of nitrogen functional groups attached to an aromatic ring is 1. The molecule has 0 saturated heterocycles. The summed E-state index contributed by atoms with van der Waals surface area (Å²) in [4.78, 5) is 12.4. The highest BCUT2D eigenvalue weighted by molar-refractivity contribution is 9.10. The number of hydrogen-bond donors (Lipinski definition) is 1. The van der Waals surface area contributed by atoms with E-state index in [9.17, 15) is 4.79 Å². The highest BCUT2D eigenvalue weighted by atomic mass is 79.9. The molecule has 0 heterocycles. The summed E-state index contributed by atoms with van der Waals surface area (Å²) in [6.07, 6.45) is 0. The topological polar surface area (TPSA) is 52.3 Å². The lowest BCUT2D eigenvalue weighted by Gasteiger charge is -2.09. The molecule has 2 rings (SSSR count). The normalized spacial score (nSPS) is 10.3. The van der Waals surface area contributed by atoms with Crippen LogP contribution in [0.5, 0.6) is 5.75 Å².